The Morgan fingerprint density at radius 3 is 2.55 bits per heavy atom. The van der Waals surface area contributed by atoms with Gasteiger partial charge in [0.2, 0.25) is 0 Å². The van der Waals surface area contributed by atoms with Gasteiger partial charge in [0.05, 0.1) is 27.7 Å². The van der Waals surface area contributed by atoms with E-state index in [2.05, 4.69) is 10.1 Å². The first-order valence-electron chi connectivity index (χ1n) is 10.2. The van der Waals surface area contributed by atoms with Gasteiger partial charge in [0.15, 0.2) is 0 Å². The lowest BCUT2D eigenvalue weighted by atomic mass is 10.2. The third-order valence-electron chi connectivity index (χ3n) is 4.88. The molecule has 0 aliphatic rings. The molecular weight excluding hydrogens is 461 g/mol. The number of ether oxygens (including phenoxy) is 1. The Morgan fingerprint density at radius 1 is 1.06 bits per heavy atom. The molecule has 0 aliphatic carbocycles. The van der Waals surface area contributed by atoms with Gasteiger partial charge in [-0.2, -0.15) is 9.78 Å². The number of halogens is 2. The van der Waals surface area contributed by atoms with Crippen molar-refractivity contribution in [3.8, 4) is 5.75 Å². The van der Waals surface area contributed by atoms with Gasteiger partial charge in [-0.05, 0) is 42.5 Å². The average molecular weight is 480 g/mol. The zero-order valence-electron chi connectivity index (χ0n) is 17.8. The SMILES string of the molecule is CC(C)c1nc2ccccc2c(=O)n1N=Cc1ccccc1OC(=O)c1ccc(Cl)cc1Cl. The predicted molar refractivity (Wildman–Crippen MR) is 131 cm³/mol. The molecular formula is C25H19Cl2N3O3. The highest BCUT2D eigenvalue weighted by atomic mass is 35.5. The first-order valence-corrected chi connectivity index (χ1v) is 10.9. The van der Waals surface area contributed by atoms with E-state index < -0.39 is 5.97 Å². The van der Waals surface area contributed by atoms with Crippen LogP contribution in [0.25, 0.3) is 10.9 Å². The third kappa shape index (κ3) is 4.82. The fourth-order valence-corrected chi connectivity index (χ4v) is 3.72. The molecule has 8 heteroatoms. The number of esters is 1. The number of carbonyl (C=O) groups excluding carboxylic acids is 1. The van der Waals surface area contributed by atoms with Crippen molar-refractivity contribution >= 4 is 46.3 Å². The van der Waals surface area contributed by atoms with Crippen molar-refractivity contribution in [1.29, 1.82) is 0 Å². The second kappa shape index (κ2) is 9.57. The number of benzene rings is 3. The zero-order chi connectivity index (χ0) is 23.5. The van der Waals surface area contributed by atoms with Crippen LogP contribution in [-0.4, -0.2) is 21.8 Å². The molecule has 0 saturated carbocycles. The number of rotatable bonds is 5. The molecule has 0 N–H and O–H groups in total. The van der Waals surface area contributed by atoms with Gasteiger partial charge < -0.3 is 4.74 Å². The normalized spacial score (nSPS) is 11.4. The van der Waals surface area contributed by atoms with Crippen LogP contribution in [0.5, 0.6) is 5.75 Å². The molecule has 4 aromatic rings. The van der Waals surface area contributed by atoms with E-state index in [1.54, 1.807) is 48.5 Å². The quantitative estimate of drug-likeness (QED) is 0.202. The van der Waals surface area contributed by atoms with Crippen molar-refractivity contribution in [3.05, 3.63) is 104 Å². The number of hydrogen-bond donors (Lipinski definition) is 0. The average Bonchev–Trinajstić information content (AvgIpc) is 2.79. The maximum Gasteiger partial charge on any atom is 0.345 e. The van der Waals surface area contributed by atoms with Crippen LogP contribution in [0.2, 0.25) is 10.0 Å². The Bertz CT molecular complexity index is 1440. The highest BCUT2D eigenvalue weighted by Gasteiger charge is 2.16. The lowest BCUT2D eigenvalue weighted by Crippen LogP contribution is -2.23. The fourth-order valence-electron chi connectivity index (χ4n) is 3.24. The monoisotopic (exact) mass is 479 g/mol. The molecule has 0 atom stereocenters. The summed E-state index contributed by atoms with van der Waals surface area (Å²) in [7, 11) is 0. The number of para-hydroxylation sites is 2. The maximum atomic E-state index is 13.1. The molecule has 6 nitrogen and oxygen atoms in total. The van der Waals surface area contributed by atoms with Gasteiger partial charge in [0.25, 0.3) is 5.56 Å². The molecule has 1 heterocycles. The largest absolute Gasteiger partial charge is 0.422 e. The standard InChI is InChI=1S/C25H19Cl2N3O3/c1-15(2)23-29-21-9-5-4-8-19(21)24(31)30(23)28-14-16-7-3-6-10-22(16)33-25(32)18-12-11-17(26)13-20(18)27/h3-15H,1-2H3. The molecule has 4 rings (SSSR count). The number of fused-ring (bicyclic) bond motifs is 1. The van der Waals surface area contributed by atoms with E-state index in [-0.39, 0.29) is 27.8 Å². The fraction of sp³-hybridized carbons (Fsp3) is 0.120. The van der Waals surface area contributed by atoms with Crippen molar-refractivity contribution in [2.24, 2.45) is 5.10 Å². The minimum absolute atomic E-state index is 0.0421. The summed E-state index contributed by atoms with van der Waals surface area (Å²) in [6, 6.07) is 18.5. The zero-order valence-corrected chi connectivity index (χ0v) is 19.3. The molecule has 0 spiro atoms. The molecule has 0 unspecified atom stereocenters. The second-order valence-corrected chi connectivity index (χ2v) is 8.40. The number of nitrogens with zero attached hydrogens (tertiary/aromatic N) is 3. The summed E-state index contributed by atoms with van der Waals surface area (Å²) in [6.45, 7) is 3.88. The van der Waals surface area contributed by atoms with Gasteiger partial charge in [-0.15, -0.1) is 0 Å². The van der Waals surface area contributed by atoms with Crippen LogP contribution in [0.15, 0.2) is 76.6 Å². The Morgan fingerprint density at radius 2 is 1.79 bits per heavy atom. The van der Waals surface area contributed by atoms with Crippen LogP contribution in [0.3, 0.4) is 0 Å². The number of hydrogen-bond acceptors (Lipinski definition) is 5. The van der Waals surface area contributed by atoms with Crippen molar-refractivity contribution in [2.45, 2.75) is 19.8 Å². The third-order valence-corrected chi connectivity index (χ3v) is 5.43. The van der Waals surface area contributed by atoms with Crippen molar-refractivity contribution in [2.75, 3.05) is 0 Å². The van der Waals surface area contributed by atoms with Crippen molar-refractivity contribution in [3.63, 3.8) is 0 Å². The molecule has 0 saturated heterocycles. The highest BCUT2D eigenvalue weighted by Crippen LogP contribution is 2.24. The minimum Gasteiger partial charge on any atom is -0.422 e. The van der Waals surface area contributed by atoms with Gasteiger partial charge in [-0.3, -0.25) is 4.79 Å². The minimum atomic E-state index is -0.634. The van der Waals surface area contributed by atoms with E-state index in [9.17, 15) is 9.59 Å². The summed E-state index contributed by atoms with van der Waals surface area (Å²) in [4.78, 5) is 30.4. The summed E-state index contributed by atoms with van der Waals surface area (Å²) < 4.78 is 6.84. The van der Waals surface area contributed by atoms with Gasteiger partial charge in [0.1, 0.15) is 11.6 Å². The van der Waals surface area contributed by atoms with E-state index in [0.717, 1.165) is 0 Å². The molecule has 0 radical (unpaired) electrons. The summed E-state index contributed by atoms with van der Waals surface area (Å²) in [5.41, 5.74) is 1.03. The Balaban J connectivity index is 1.71. The summed E-state index contributed by atoms with van der Waals surface area (Å²) in [5, 5.41) is 5.47. The van der Waals surface area contributed by atoms with Crippen molar-refractivity contribution in [1.82, 2.24) is 9.66 Å². The topological polar surface area (TPSA) is 73.6 Å². The molecule has 3 aromatic carbocycles. The van der Waals surface area contributed by atoms with Gasteiger partial charge >= 0.3 is 5.97 Å². The van der Waals surface area contributed by atoms with Crippen LogP contribution in [0, 0.1) is 0 Å². The van der Waals surface area contributed by atoms with Crippen LogP contribution < -0.4 is 10.3 Å². The first kappa shape index (κ1) is 22.7. The van der Waals surface area contributed by atoms with Crippen LogP contribution in [-0.2, 0) is 0 Å². The molecule has 0 amide bonds. The summed E-state index contributed by atoms with van der Waals surface area (Å²) in [6.07, 6.45) is 1.47. The van der Waals surface area contributed by atoms with E-state index in [4.69, 9.17) is 27.9 Å². The molecule has 1 aromatic heterocycles. The lowest BCUT2D eigenvalue weighted by Gasteiger charge is -2.12. The molecule has 33 heavy (non-hydrogen) atoms. The first-order chi connectivity index (χ1) is 15.8. The van der Waals surface area contributed by atoms with E-state index in [0.29, 0.717) is 27.3 Å². The second-order valence-electron chi connectivity index (χ2n) is 7.55. The highest BCUT2D eigenvalue weighted by molar-refractivity contribution is 6.36. The molecule has 166 valence electrons. The number of carbonyl (C=O) groups is 1. The van der Waals surface area contributed by atoms with Crippen molar-refractivity contribution < 1.29 is 9.53 Å². The van der Waals surface area contributed by atoms with E-state index in [1.807, 2.05) is 19.9 Å². The maximum absolute atomic E-state index is 13.1. The van der Waals surface area contributed by atoms with E-state index >= 15 is 0 Å². The summed E-state index contributed by atoms with van der Waals surface area (Å²) in [5.74, 6) is 0.118. The Hall–Kier alpha value is -3.48. The smallest absolute Gasteiger partial charge is 0.345 e. The lowest BCUT2D eigenvalue weighted by molar-refractivity contribution is 0.0734. The van der Waals surface area contributed by atoms with Gasteiger partial charge in [-0.25, -0.2) is 9.78 Å². The van der Waals surface area contributed by atoms with Gasteiger partial charge in [0, 0.05) is 16.5 Å². The Labute approximate surface area is 200 Å². The van der Waals surface area contributed by atoms with E-state index in [1.165, 1.54) is 23.0 Å². The van der Waals surface area contributed by atoms with Crippen LogP contribution in [0.4, 0.5) is 0 Å². The molecule has 0 bridgehead atoms. The summed E-state index contributed by atoms with van der Waals surface area (Å²) >= 11 is 12.0. The Kier molecular flexibility index (Phi) is 6.58. The predicted octanol–water partition coefficient (Wildman–Crippen LogP) is 5.93. The number of aromatic nitrogens is 2. The molecule has 0 fully saturated rings. The van der Waals surface area contributed by atoms with Gasteiger partial charge in [-0.1, -0.05) is 61.3 Å². The van der Waals surface area contributed by atoms with Crippen LogP contribution >= 0.6 is 23.2 Å². The molecule has 0 aliphatic heterocycles. The van der Waals surface area contributed by atoms with Crippen LogP contribution in [0.1, 0.15) is 41.5 Å².